The fourth-order valence-electron chi connectivity index (χ4n) is 0.642. The van der Waals surface area contributed by atoms with Gasteiger partial charge in [-0.25, -0.2) is 24.3 Å². The van der Waals surface area contributed by atoms with Crippen molar-refractivity contribution in [2.45, 2.75) is 0 Å². The van der Waals surface area contributed by atoms with Gasteiger partial charge in [-0.05, 0) is 0 Å². The summed E-state index contributed by atoms with van der Waals surface area (Å²) in [6.45, 7) is 0. The van der Waals surface area contributed by atoms with Crippen LogP contribution in [0.1, 0.15) is 0 Å². The maximum atomic E-state index is 2.00. The third-order valence-corrected chi connectivity index (χ3v) is 1.11. The van der Waals surface area contributed by atoms with Crippen LogP contribution in [-0.4, -0.2) is 0 Å². The van der Waals surface area contributed by atoms with Crippen LogP contribution in [-0.2, 0) is 22.4 Å². The summed E-state index contributed by atoms with van der Waals surface area (Å²) in [7, 11) is 0. The van der Waals surface area contributed by atoms with Crippen molar-refractivity contribution in [1.29, 1.82) is 0 Å². The van der Waals surface area contributed by atoms with E-state index in [-0.39, 0.29) is 37.2 Å². The first-order valence-corrected chi connectivity index (χ1v) is 3.33. The van der Waals surface area contributed by atoms with Crippen LogP contribution in [0.3, 0.4) is 0 Å². The second-order valence-electron chi connectivity index (χ2n) is 1.92. The minimum absolute atomic E-state index is 0. The van der Waals surface area contributed by atoms with Crippen molar-refractivity contribution in [1.82, 2.24) is 0 Å². The predicted molar refractivity (Wildman–Crippen MR) is 56.9 cm³/mol. The maximum Gasteiger partial charge on any atom is 0 e. The molecule has 0 atom stereocenters. The third-order valence-electron chi connectivity index (χ3n) is 1.11. The summed E-state index contributed by atoms with van der Waals surface area (Å²) in [5, 5.41) is 0. The molecule has 2 rings (SSSR count). The number of rotatable bonds is 0. The molecule has 2 aromatic carbocycles. The van der Waals surface area contributed by atoms with Gasteiger partial charge in [-0.2, -0.15) is 36.4 Å². The van der Waals surface area contributed by atoms with Crippen LogP contribution in [0, 0.1) is 14.9 Å². The average molecular weight is 253 g/mol. The minimum atomic E-state index is 0. The van der Waals surface area contributed by atoms with E-state index < -0.39 is 0 Å². The normalized spacial score (nSPS) is 6.15. The van der Waals surface area contributed by atoms with Gasteiger partial charge in [0.2, 0.25) is 0 Å². The van der Waals surface area contributed by atoms with Gasteiger partial charge < -0.3 is 14.9 Å². The zero-order valence-corrected chi connectivity index (χ0v) is 10.4. The minimum Gasteiger partial charge on any atom is -0.358 e. The summed E-state index contributed by atoms with van der Waals surface area (Å²) >= 11 is 0. The van der Waals surface area contributed by atoms with E-state index in [0.717, 1.165) is 0 Å². The molecule has 0 nitrogen and oxygen atoms in total. The van der Waals surface area contributed by atoms with Gasteiger partial charge in [-0.1, -0.05) is 0 Å². The average Bonchev–Trinajstić information content (AvgIpc) is 2.67. The fraction of sp³-hybridized carbons (Fsp3) is 0. The molecule has 13 heavy (non-hydrogen) atoms. The van der Waals surface area contributed by atoms with Crippen molar-refractivity contribution in [3.05, 3.63) is 75.5 Å². The van der Waals surface area contributed by atoms with Crippen molar-refractivity contribution < 1.29 is 22.4 Å². The first-order chi connectivity index (χ1) is 5.00. The Morgan fingerprint density at radius 2 is 0.769 bits per heavy atom. The van der Waals surface area contributed by atoms with Crippen molar-refractivity contribution in [2.75, 3.05) is 0 Å². The first-order valence-electron chi connectivity index (χ1n) is 3.33. The third kappa shape index (κ3) is 11.4. The molecule has 0 aromatic heterocycles. The van der Waals surface area contributed by atoms with E-state index in [1.54, 1.807) is 0 Å². The summed E-state index contributed by atoms with van der Waals surface area (Å²) < 4.78 is 0. The van der Waals surface area contributed by atoms with Crippen LogP contribution in [0.5, 0.6) is 0 Å². The molecule has 2 aromatic rings. The molecular formula is C12H16Nb-4. The quantitative estimate of drug-likeness (QED) is 0.496. The standard InChI is InChI=1S/2C5H5.2CH3.Nb/c2*1-2-4-5-3-1;;;/h2*1-5H;2*1H3;/q4*-1;. The zero-order chi connectivity index (χ0) is 7.07. The fourth-order valence-corrected chi connectivity index (χ4v) is 0.642. The molecule has 0 bridgehead atoms. The summed E-state index contributed by atoms with van der Waals surface area (Å²) in [6, 6.07) is 20.0. The van der Waals surface area contributed by atoms with Gasteiger partial charge in [0, 0.05) is 22.4 Å². The summed E-state index contributed by atoms with van der Waals surface area (Å²) in [4.78, 5) is 0. The molecule has 0 unspecified atom stereocenters. The SMILES string of the molecule is [CH3-].[CH3-].[Nb].c1cc[cH-]c1.c1cc[cH-]c1. The molecule has 0 aliphatic carbocycles. The Bertz CT molecular complexity index is 144. The molecule has 0 saturated heterocycles. The molecule has 1 radical (unpaired) electrons. The van der Waals surface area contributed by atoms with E-state index in [1.807, 2.05) is 60.7 Å². The molecule has 1 heteroatoms. The maximum absolute atomic E-state index is 2.00. The van der Waals surface area contributed by atoms with Crippen LogP contribution in [0.25, 0.3) is 0 Å². The van der Waals surface area contributed by atoms with Gasteiger partial charge in [0.05, 0.1) is 0 Å². The molecular weight excluding hydrogens is 237 g/mol. The van der Waals surface area contributed by atoms with Crippen LogP contribution in [0.2, 0.25) is 0 Å². The predicted octanol–water partition coefficient (Wildman–Crippen LogP) is 3.71. The molecule has 0 aliphatic rings. The molecule has 0 saturated carbocycles. The van der Waals surface area contributed by atoms with Crippen molar-refractivity contribution in [3.8, 4) is 0 Å². The second kappa shape index (κ2) is 14.0. The van der Waals surface area contributed by atoms with E-state index in [9.17, 15) is 0 Å². The summed E-state index contributed by atoms with van der Waals surface area (Å²) in [6.07, 6.45) is 0. The van der Waals surface area contributed by atoms with Gasteiger partial charge in [0.1, 0.15) is 0 Å². The zero-order valence-electron chi connectivity index (χ0n) is 8.22. The molecule has 0 N–H and O–H groups in total. The monoisotopic (exact) mass is 253 g/mol. The summed E-state index contributed by atoms with van der Waals surface area (Å²) in [5.41, 5.74) is 0. The van der Waals surface area contributed by atoms with E-state index in [0.29, 0.717) is 0 Å². The van der Waals surface area contributed by atoms with Gasteiger partial charge in [0.25, 0.3) is 0 Å². The second-order valence-corrected chi connectivity index (χ2v) is 1.92. The molecule has 73 valence electrons. The Hall–Kier alpha value is -0.560. The van der Waals surface area contributed by atoms with E-state index >= 15 is 0 Å². The van der Waals surface area contributed by atoms with E-state index in [4.69, 9.17) is 0 Å². The Balaban J connectivity index is -0.000000125. The Labute approximate surface area is 97.8 Å². The molecule has 0 heterocycles. The van der Waals surface area contributed by atoms with Crippen LogP contribution in [0.15, 0.2) is 60.7 Å². The van der Waals surface area contributed by atoms with E-state index in [1.165, 1.54) is 0 Å². The molecule has 0 fully saturated rings. The van der Waals surface area contributed by atoms with Gasteiger partial charge in [-0.15, -0.1) is 0 Å². The van der Waals surface area contributed by atoms with Crippen LogP contribution < -0.4 is 0 Å². The van der Waals surface area contributed by atoms with Crippen LogP contribution >= 0.6 is 0 Å². The largest absolute Gasteiger partial charge is 0.358 e. The van der Waals surface area contributed by atoms with Gasteiger partial charge in [0.15, 0.2) is 0 Å². The van der Waals surface area contributed by atoms with Gasteiger partial charge >= 0.3 is 0 Å². The Morgan fingerprint density at radius 3 is 0.846 bits per heavy atom. The molecule has 0 aliphatic heterocycles. The Morgan fingerprint density at radius 1 is 0.538 bits per heavy atom. The Kier molecular flexibility index (Phi) is 19.7. The van der Waals surface area contributed by atoms with Gasteiger partial charge in [-0.3, -0.25) is 0 Å². The van der Waals surface area contributed by atoms with Crippen molar-refractivity contribution >= 4 is 0 Å². The number of hydrogen-bond donors (Lipinski definition) is 0. The van der Waals surface area contributed by atoms with Crippen molar-refractivity contribution in [3.63, 3.8) is 0 Å². The van der Waals surface area contributed by atoms with E-state index in [2.05, 4.69) is 0 Å². The summed E-state index contributed by atoms with van der Waals surface area (Å²) in [5.74, 6) is 0. The first kappa shape index (κ1) is 18.3. The smallest absolute Gasteiger partial charge is 0 e. The topological polar surface area (TPSA) is 0 Å². The molecule has 0 amide bonds. The van der Waals surface area contributed by atoms with Crippen molar-refractivity contribution in [2.24, 2.45) is 0 Å². The molecule has 0 spiro atoms. The van der Waals surface area contributed by atoms with Crippen LogP contribution in [0.4, 0.5) is 0 Å². The number of hydrogen-bond acceptors (Lipinski definition) is 0.